The van der Waals surface area contributed by atoms with Crippen molar-refractivity contribution in [3.05, 3.63) is 29.8 Å². The summed E-state index contributed by atoms with van der Waals surface area (Å²) in [7, 11) is 1.62. The van der Waals surface area contributed by atoms with Gasteiger partial charge < -0.3 is 15.2 Å². The van der Waals surface area contributed by atoms with E-state index in [4.69, 9.17) is 4.74 Å². The highest BCUT2D eigenvalue weighted by Crippen LogP contribution is 2.32. The van der Waals surface area contributed by atoms with Crippen LogP contribution >= 0.6 is 12.4 Å². The second-order valence-electron chi connectivity index (χ2n) is 3.34. The fourth-order valence-electron chi connectivity index (χ4n) is 1.58. The third-order valence-corrected chi connectivity index (χ3v) is 2.44. The molecule has 0 radical (unpaired) electrons. The van der Waals surface area contributed by atoms with E-state index < -0.39 is 5.60 Å². The Kier molecular flexibility index (Phi) is 3.37. The van der Waals surface area contributed by atoms with Gasteiger partial charge in [0.2, 0.25) is 0 Å². The first-order valence-corrected chi connectivity index (χ1v) is 4.33. The van der Waals surface area contributed by atoms with Crippen LogP contribution in [0.3, 0.4) is 0 Å². The van der Waals surface area contributed by atoms with Crippen molar-refractivity contribution >= 4 is 12.4 Å². The van der Waals surface area contributed by atoms with Crippen molar-refractivity contribution in [3.63, 3.8) is 0 Å². The average molecular weight is 216 g/mol. The van der Waals surface area contributed by atoms with Gasteiger partial charge >= 0.3 is 0 Å². The number of hydrogen-bond donors (Lipinski definition) is 2. The van der Waals surface area contributed by atoms with Crippen molar-refractivity contribution in [1.82, 2.24) is 5.32 Å². The molecule has 1 aromatic rings. The van der Waals surface area contributed by atoms with E-state index in [2.05, 4.69) is 5.32 Å². The second kappa shape index (κ2) is 4.17. The van der Waals surface area contributed by atoms with E-state index in [1.807, 2.05) is 24.3 Å². The molecule has 0 saturated carbocycles. The highest BCUT2D eigenvalue weighted by Gasteiger charge is 2.38. The zero-order valence-electron chi connectivity index (χ0n) is 7.99. The van der Waals surface area contributed by atoms with Crippen molar-refractivity contribution < 1.29 is 9.84 Å². The molecule has 0 unspecified atom stereocenters. The minimum absolute atomic E-state index is 0. The summed E-state index contributed by atoms with van der Waals surface area (Å²) in [5.41, 5.74) is 0.142. The molecule has 0 amide bonds. The minimum Gasteiger partial charge on any atom is -0.496 e. The highest BCUT2D eigenvalue weighted by atomic mass is 35.5. The molecule has 0 atom stereocenters. The average Bonchev–Trinajstić information content (AvgIpc) is 2.14. The Bertz CT molecular complexity index is 313. The van der Waals surface area contributed by atoms with E-state index in [0.29, 0.717) is 13.1 Å². The van der Waals surface area contributed by atoms with Crippen molar-refractivity contribution in [3.8, 4) is 5.75 Å². The summed E-state index contributed by atoms with van der Waals surface area (Å²) >= 11 is 0. The lowest BCUT2D eigenvalue weighted by molar-refractivity contribution is -0.0164. The van der Waals surface area contributed by atoms with Crippen molar-refractivity contribution in [1.29, 1.82) is 0 Å². The van der Waals surface area contributed by atoms with Crippen molar-refractivity contribution in [2.24, 2.45) is 0 Å². The number of β-amino-alcohol motifs (C(OH)–C–C–N with tert-alkyl or cyclic N) is 1. The Balaban J connectivity index is 0.000000980. The van der Waals surface area contributed by atoms with Gasteiger partial charge in [-0.25, -0.2) is 0 Å². The normalized spacial score (nSPS) is 17.9. The highest BCUT2D eigenvalue weighted by molar-refractivity contribution is 5.85. The maximum atomic E-state index is 10.1. The van der Waals surface area contributed by atoms with Crippen LogP contribution in [0.5, 0.6) is 5.75 Å². The van der Waals surface area contributed by atoms with Gasteiger partial charge in [-0.2, -0.15) is 0 Å². The molecule has 78 valence electrons. The molecule has 1 heterocycles. The van der Waals surface area contributed by atoms with Gasteiger partial charge in [0.25, 0.3) is 0 Å². The lowest BCUT2D eigenvalue weighted by Gasteiger charge is -2.38. The van der Waals surface area contributed by atoms with Crippen molar-refractivity contribution in [2.45, 2.75) is 5.60 Å². The SMILES string of the molecule is COc1ccccc1C1(O)CNC1.Cl. The van der Waals surface area contributed by atoms with Crippen LogP contribution in [0.15, 0.2) is 24.3 Å². The Morgan fingerprint density at radius 2 is 2.00 bits per heavy atom. The number of nitrogens with one attached hydrogen (secondary N) is 1. The van der Waals surface area contributed by atoms with Crippen LogP contribution in [-0.4, -0.2) is 25.3 Å². The molecular weight excluding hydrogens is 202 g/mol. The third-order valence-electron chi connectivity index (χ3n) is 2.44. The fraction of sp³-hybridized carbons (Fsp3) is 0.400. The first-order valence-electron chi connectivity index (χ1n) is 4.33. The Hall–Kier alpha value is -0.770. The van der Waals surface area contributed by atoms with Gasteiger partial charge in [0.1, 0.15) is 11.4 Å². The lowest BCUT2D eigenvalue weighted by Crippen LogP contribution is -2.56. The van der Waals surface area contributed by atoms with Crippen LogP contribution in [0.4, 0.5) is 0 Å². The number of methoxy groups -OCH3 is 1. The van der Waals surface area contributed by atoms with Gasteiger partial charge in [0.15, 0.2) is 0 Å². The Labute approximate surface area is 89.5 Å². The van der Waals surface area contributed by atoms with Gasteiger partial charge in [0.05, 0.1) is 7.11 Å². The number of halogens is 1. The van der Waals surface area contributed by atoms with Gasteiger partial charge in [-0.1, -0.05) is 18.2 Å². The summed E-state index contributed by atoms with van der Waals surface area (Å²) in [5.74, 6) is 0.756. The van der Waals surface area contributed by atoms with Crippen LogP contribution in [0.1, 0.15) is 5.56 Å². The fourth-order valence-corrected chi connectivity index (χ4v) is 1.58. The molecule has 0 aliphatic carbocycles. The van der Waals surface area contributed by atoms with Crippen LogP contribution in [0.25, 0.3) is 0 Å². The summed E-state index contributed by atoms with van der Waals surface area (Å²) < 4.78 is 5.18. The lowest BCUT2D eigenvalue weighted by atomic mass is 9.87. The third kappa shape index (κ3) is 1.71. The number of para-hydroxylation sites is 1. The molecule has 3 nitrogen and oxygen atoms in total. The maximum absolute atomic E-state index is 10.1. The molecule has 0 aromatic heterocycles. The number of aliphatic hydroxyl groups is 1. The van der Waals surface area contributed by atoms with Crippen LogP contribution in [0.2, 0.25) is 0 Å². The van der Waals surface area contributed by atoms with E-state index in [1.165, 1.54) is 0 Å². The molecular formula is C10H14ClNO2. The number of benzene rings is 1. The number of ether oxygens (including phenoxy) is 1. The Morgan fingerprint density at radius 3 is 2.50 bits per heavy atom. The second-order valence-corrected chi connectivity index (χ2v) is 3.34. The maximum Gasteiger partial charge on any atom is 0.125 e. The van der Waals surface area contributed by atoms with E-state index >= 15 is 0 Å². The summed E-state index contributed by atoms with van der Waals surface area (Å²) in [6, 6.07) is 7.58. The van der Waals surface area contributed by atoms with Gasteiger partial charge in [-0.3, -0.25) is 0 Å². The smallest absolute Gasteiger partial charge is 0.125 e. The summed E-state index contributed by atoms with van der Waals surface area (Å²) in [6.45, 7) is 1.21. The van der Waals surface area contributed by atoms with Crippen molar-refractivity contribution in [2.75, 3.05) is 20.2 Å². The monoisotopic (exact) mass is 215 g/mol. The molecule has 14 heavy (non-hydrogen) atoms. The van der Waals surface area contributed by atoms with E-state index in [-0.39, 0.29) is 12.4 Å². The standard InChI is InChI=1S/C10H13NO2.ClH/c1-13-9-5-3-2-4-8(9)10(12)6-11-7-10;/h2-5,11-12H,6-7H2,1H3;1H. The predicted molar refractivity (Wildman–Crippen MR) is 57.0 cm³/mol. The molecule has 0 bridgehead atoms. The van der Waals surface area contributed by atoms with Crippen LogP contribution < -0.4 is 10.1 Å². The topological polar surface area (TPSA) is 41.5 Å². The molecule has 2 rings (SSSR count). The quantitative estimate of drug-likeness (QED) is 0.771. The molecule has 4 heteroatoms. The first-order chi connectivity index (χ1) is 6.26. The molecule has 1 aromatic carbocycles. The molecule has 1 fully saturated rings. The van der Waals surface area contributed by atoms with Gasteiger partial charge in [0, 0.05) is 18.7 Å². The summed E-state index contributed by atoms with van der Waals surface area (Å²) in [4.78, 5) is 0. The molecule has 1 saturated heterocycles. The molecule has 2 N–H and O–H groups in total. The minimum atomic E-state index is -0.730. The van der Waals surface area contributed by atoms with Gasteiger partial charge in [-0.05, 0) is 6.07 Å². The van der Waals surface area contributed by atoms with E-state index in [1.54, 1.807) is 7.11 Å². The number of rotatable bonds is 2. The van der Waals surface area contributed by atoms with Crippen LogP contribution in [0, 0.1) is 0 Å². The zero-order valence-corrected chi connectivity index (χ0v) is 8.80. The first kappa shape index (κ1) is 11.3. The molecule has 1 aliphatic rings. The van der Waals surface area contributed by atoms with E-state index in [9.17, 15) is 5.11 Å². The van der Waals surface area contributed by atoms with E-state index in [0.717, 1.165) is 11.3 Å². The number of hydrogen-bond acceptors (Lipinski definition) is 3. The summed E-state index contributed by atoms with van der Waals surface area (Å²) in [6.07, 6.45) is 0. The molecule has 1 aliphatic heterocycles. The predicted octanol–water partition coefficient (Wildman–Crippen LogP) is 0.908. The molecule has 0 spiro atoms. The zero-order chi connectivity index (χ0) is 9.31. The Morgan fingerprint density at radius 1 is 1.36 bits per heavy atom. The summed E-state index contributed by atoms with van der Waals surface area (Å²) in [5, 5.41) is 13.1. The van der Waals surface area contributed by atoms with Gasteiger partial charge in [-0.15, -0.1) is 12.4 Å². The largest absolute Gasteiger partial charge is 0.496 e. The van der Waals surface area contributed by atoms with Crippen LogP contribution in [-0.2, 0) is 5.60 Å².